The van der Waals surface area contributed by atoms with E-state index in [0.717, 1.165) is 10.6 Å². The number of aromatic hydroxyl groups is 1. The molecule has 1 aromatic heterocycles. The summed E-state index contributed by atoms with van der Waals surface area (Å²) in [5.74, 6) is 0.159. The molecule has 0 aliphatic rings. The van der Waals surface area contributed by atoms with Gasteiger partial charge in [-0.05, 0) is 25.0 Å². The summed E-state index contributed by atoms with van der Waals surface area (Å²) in [5, 5.41) is 16.1. The van der Waals surface area contributed by atoms with Gasteiger partial charge in [0.25, 0.3) is 17.0 Å². The van der Waals surface area contributed by atoms with Crippen molar-refractivity contribution >= 4 is 23.0 Å². The molecule has 3 N–H and O–H groups in total. The van der Waals surface area contributed by atoms with Gasteiger partial charge in [-0.15, -0.1) is 0 Å². The molecule has 0 unspecified atom stereocenters. The lowest BCUT2D eigenvalue weighted by Gasteiger charge is -2.18. The lowest BCUT2D eigenvalue weighted by molar-refractivity contribution is 0.0824. The first-order chi connectivity index (χ1) is 13.9. The molecular formula is C21H33N5O4. The minimum absolute atomic E-state index is 0.00204. The molecule has 2 rings (SSSR count). The van der Waals surface area contributed by atoms with E-state index in [1.165, 1.54) is 35.8 Å². The highest BCUT2D eigenvalue weighted by atomic mass is 16.3. The molecule has 2 aromatic rings. The largest absolute Gasteiger partial charge is 0.505 e. The van der Waals surface area contributed by atoms with Crippen LogP contribution in [-0.2, 0) is 14.1 Å². The predicted octanol–water partition coefficient (Wildman–Crippen LogP) is 2.33. The van der Waals surface area contributed by atoms with E-state index in [4.69, 9.17) is 0 Å². The zero-order chi connectivity index (χ0) is 23.2. The highest BCUT2D eigenvalue weighted by molar-refractivity contribution is 5.98. The fourth-order valence-electron chi connectivity index (χ4n) is 2.46. The Hall–Kier alpha value is -3.23. The van der Waals surface area contributed by atoms with Crippen molar-refractivity contribution < 1.29 is 9.90 Å². The number of aromatic nitrogens is 2. The van der Waals surface area contributed by atoms with Gasteiger partial charge in [0.05, 0.1) is 11.3 Å². The molecule has 0 aliphatic carbocycles. The van der Waals surface area contributed by atoms with E-state index < -0.39 is 11.1 Å². The first kappa shape index (κ1) is 24.8. The number of phenolic OH excluding ortho intramolecular Hbond substituents is 1. The molecule has 1 aromatic carbocycles. The van der Waals surface area contributed by atoms with Crippen molar-refractivity contribution in [3.8, 4) is 5.75 Å². The molecule has 0 fully saturated rings. The highest BCUT2D eigenvalue weighted by Gasteiger charge is 2.20. The van der Waals surface area contributed by atoms with Crippen LogP contribution < -0.4 is 21.8 Å². The normalized spacial score (nSPS) is 10.3. The van der Waals surface area contributed by atoms with Gasteiger partial charge in [-0.3, -0.25) is 14.4 Å². The summed E-state index contributed by atoms with van der Waals surface area (Å²) in [5.41, 5.74) is -0.500. The monoisotopic (exact) mass is 419 g/mol. The van der Waals surface area contributed by atoms with Gasteiger partial charge in [-0.2, -0.15) is 0 Å². The first-order valence-corrected chi connectivity index (χ1v) is 9.78. The van der Waals surface area contributed by atoms with E-state index in [-0.39, 0.29) is 34.3 Å². The lowest BCUT2D eigenvalue weighted by atomic mass is 10.1. The topological polar surface area (TPSA) is 109 Å². The van der Waals surface area contributed by atoms with Crippen molar-refractivity contribution in [1.82, 2.24) is 14.3 Å². The molecule has 9 nitrogen and oxygen atoms in total. The van der Waals surface area contributed by atoms with Crippen molar-refractivity contribution in [2.24, 2.45) is 20.0 Å². The van der Waals surface area contributed by atoms with E-state index in [1.807, 2.05) is 0 Å². The number of hydrogen-bond donors (Lipinski definition) is 3. The number of benzene rings is 1. The van der Waals surface area contributed by atoms with Crippen LogP contribution in [0.25, 0.3) is 0 Å². The van der Waals surface area contributed by atoms with Gasteiger partial charge < -0.3 is 20.6 Å². The van der Waals surface area contributed by atoms with Crippen LogP contribution in [0.2, 0.25) is 0 Å². The molecule has 30 heavy (non-hydrogen) atoms. The van der Waals surface area contributed by atoms with E-state index >= 15 is 0 Å². The minimum Gasteiger partial charge on any atom is -0.505 e. The van der Waals surface area contributed by atoms with Crippen LogP contribution in [0.3, 0.4) is 0 Å². The standard InChI is InChI=1S/C17H23N5O4.C4H10/c1-6-18-12-13(17(26)22(5)21(4)16(12)25)19-11-9-7-8-10(14(11)23)15(24)20(2)3;1-4(2)3/h7-9,18-19,23H,6H2,1-5H3;4H,1-3H3. The summed E-state index contributed by atoms with van der Waals surface area (Å²) in [6, 6.07) is 4.59. The predicted molar refractivity (Wildman–Crippen MR) is 121 cm³/mol. The van der Waals surface area contributed by atoms with Gasteiger partial charge in [0.2, 0.25) is 0 Å². The molecule has 0 bridgehead atoms. The molecule has 1 heterocycles. The maximum Gasteiger partial charge on any atom is 0.290 e. The summed E-state index contributed by atoms with van der Waals surface area (Å²) < 4.78 is 2.36. The van der Waals surface area contributed by atoms with Crippen LogP contribution >= 0.6 is 0 Å². The Labute approximate surface area is 176 Å². The lowest BCUT2D eigenvalue weighted by Crippen LogP contribution is -2.38. The van der Waals surface area contributed by atoms with Crippen LogP contribution in [0.4, 0.5) is 17.1 Å². The Kier molecular flexibility index (Phi) is 8.70. The van der Waals surface area contributed by atoms with Gasteiger partial charge in [0, 0.05) is 34.7 Å². The fourth-order valence-corrected chi connectivity index (χ4v) is 2.46. The Morgan fingerprint density at radius 1 is 1.07 bits per heavy atom. The number of carbonyl (C=O) groups excluding carboxylic acids is 1. The van der Waals surface area contributed by atoms with Gasteiger partial charge in [0.1, 0.15) is 11.4 Å². The summed E-state index contributed by atoms with van der Waals surface area (Å²) in [4.78, 5) is 38.6. The molecule has 1 amide bonds. The van der Waals surface area contributed by atoms with Crippen LogP contribution in [0.1, 0.15) is 38.1 Å². The molecule has 0 aliphatic heterocycles. The summed E-state index contributed by atoms with van der Waals surface area (Å²) in [6.07, 6.45) is 0. The SMILES string of the molecule is CC(C)C.CCNc1c(Nc2cccc(C(=O)N(C)C)c2O)c(=O)n(C)n(C)c1=O. The van der Waals surface area contributed by atoms with E-state index in [1.54, 1.807) is 27.1 Å². The number of para-hydroxylation sites is 1. The quantitative estimate of drug-likeness (QED) is 0.642. The van der Waals surface area contributed by atoms with Gasteiger partial charge >= 0.3 is 0 Å². The fraction of sp³-hybridized carbons (Fsp3) is 0.476. The third kappa shape index (κ3) is 5.65. The molecule has 0 saturated heterocycles. The number of anilines is 3. The number of phenols is 1. The van der Waals surface area contributed by atoms with Gasteiger partial charge in [0.15, 0.2) is 5.75 Å². The second-order valence-corrected chi connectivity index (χ2v) is 7.70. The van der Waals surface area contributed by atoms with Crippen molar-refractivity contribution in [3.63, 3.8) is 0 Å². The Balaban J connectivity index is 0.00000103. The van der Waals surface area contributed by atoms with Crippen molar-refractivity contribution in [2.45, 2.75) is 27.7 Å². The zero-order valence-corrected chi connectivity index (χ0v) is 19.0. The Morgan fingerprint density at radius 2 is 1.57 bits per heavy atom. The average molecular weight is 420 g/mol. The number of nitrogens with zero attached hydrogens (tertiary/aromatic N) is 3. The van der Waals surface area contributed by atoms with Gasteiger partial charge in [-0.1, -0.05) is 26.8 Å². The van der Waals surface area contributed by atoms with Crippen LogP contribution in [0.15, 0.2) is 27.8 Å². The second-order valence-electron chi connectivity index (χ2n) is 7.70. The Morgan fingerprint density at radius 3 is 2.03 bits per heavy atom. The molecule has 0 saturated carbocycles. The number of hydrogen-bond acceptors (Lipinski definition) is 6. The highest BCUT2D eigenvalue weighted by Crippen LogP contribution is 2.31. The number of rotatable bonds is 5. The third-order valence-electron chi connectivity index (χ3n) is 4.00. The minimum atomic E-state index is -0.452. The molecular weight excluding hydrogens is 386 g/mol. The summed E-state index contributed by atoms with van der Waals surface area (Å²) in [6.45, 7) is 8.73. The van der Waals surface area contributed by atoms with Crippen molar-refractivity contribution in [1.29, 1.82) is 0 Å². The maximum absolute atomic E-state index is 12.6. The Bertz CT molecular complexity index is 1000. The number of amides is 1. The first-order valence-electron chi connectivity index (χ1n) is 9.78. The van der Waals surface area contributed by atoms with E-state index in [0.29, 0.717) is 6.54 Å². The molecule has 0 radical (unpaired) electrons. The molecule has 0 atom stereocenters. The second kappa shape index (κ2) is 10.5. The summed E-state index contributed by atoms with van der Waals surface area (Å²) >= 11 is 0. The molecule has 0 spiro atoms. The van der Waals surface area contributed by atoms with Crippen LogP contribution in [0.5, 0.6) is 5.75 Å². The molecule has 9 heteroatoms. The smallest absolute Gasteiger partial charge is 0.290 e. The van der Waals surface area contributed by atoms with Crippen molar-refractivity contribution in [2.75, 3.05) is 31.3 Å². The number of carbonyl (C=O) groups is 1. The van der Waals surface area contributed by atoms with Crippen molar-refractivity contribution in [3.05, 3.63) is 44.5 Å². The average Bonchev–Trinajstić information content (AvgIpc) is 2.67. The van der Waals surface area contributed by atoms with E-state index in [9.17, 15) is 19.5 Å². The maximum atomic E-state index is 12.6. The molecule has 166 valence electrons. The van der Waals surface area contributed by atoms with Crippen LogP contribution in [-0.4, -0.2) is 45.9 Å². The third-order valence-corrected chi connectivity index (χ3v) is 4.00. The van der Waals surface area contributed by atoms with Crippen LogP contribution in [0, 0.1) is 5.92 Å². The summed E-state index contributed by atoms with van der Waals surface area (Å²) in [7, 11) is 6.10. The zero-order valence-electron chi connectivity index (χ0n) is 19.0. The number of nitrogens with one attached hydrogen (secondary N) is 2. The van der Waals surface area contributed by atoms with Gasteiger partial charge in [-0.25, -0.2) is 9.36 Å². The van der Waals surface area contributed by atoms with E-state index in [2.05, 4.69) is 31.4 Å².